The van der Waals surface area contributed by atoms with E-state index >= 15 is 0 Å². The smallest absolute Gasteiger partial charge is 0.248 e. The SMILES string of the molecule is Cc1cccnc1Oc1cc(Cl)ccc1[C@H]1CC(=O)N(c2cccc(C(N)=O)c2)C1. The first-order valence-corrected chi connectivity index (χ1v) is 9.89. The van der Waals surface area contributed by atoms with Gasteiger partial charge in [-0.15, -0.1) is 0 Å². The van der Waals surface area contributed by atoms with Crippen LogP contribution in [0.4, 0.5) is 5.69 Å². The number of carbonyl (C=O) groups excluding carboxylic acids is 2. The Morgan fingerprint density at radius 2 is 2.03 bits per heavy atom. The maximum absolute atomic E-state index is 12.8. The van der Waals surface area contributed by atoms with Gasteiger partial charge >= 0.3 is 0 Å². The number of amides is 2. The van der Waals surface area contributed by atoms with Crippen molar-refractivity contribution >= 4 is 29.1 Å². The number of ether oxygens (including phenoxy) is 1. The van der Waals surface area contributed by atoms with Crippen molar-refractivity contribution in [2.45, 2.75) is 19.3 Å². The van der Waals surface area contributed by atoms with Gasteiger partial charge in [-0.2, -0.15) is 0 Å². The molecule has 2 amide bonds. The molecule has 0 radical (unpaired) electrons. The number of halogens is 1. The van der Waals surface area contributed by atoms with Crippen molar-refractivity contribution in [3.8, 4) is 11.6 Å². The molecule has 2 aromatic carbocycles. The molecule has 6 nitrogen and oxygen atoms in total. The Kier molecular flexibility index (Phi) is 5.42. The first kappa shape index (κ1) is 19.9. The molecule has 0 spiro atoms. The number of rotatable bonds is 5. The lowest BCUT2D eigenvalue weighted by atomic mass is 9.97. The molecule has 7 heteroatoms. The van der Waals surface area contributed by atoms with Crippen LogP contribution in [0.15, 0.2) is 60.8 Å². The first-order chi connectivity index (χ1) is 14.4. The lowest BCUT2D eigenvalue weighted by Gasteiger charge is -2.19. The lowest BCUT2D eigenvalue weighted by Crippen LogP contribution is -2.24. The highest BCUT2D eigenvalue weighted by Gasteiger charge is 2.33. The minimum Gasteiger partial charge on any atom is -0.438 e. The highest BCUT2D eigenvalue weighted by atomic mass is 35.5. The average molecular weight is 422 g/mol. The predicted octanol–water partition coefficient (Wildman–Crippen LogP) is 4.46. The topological polar surface area (TPSA) is 85.5 Å². The molecule has 30 heavy (non-hydrogen) atoms. The number of pyridine rings is 1. The van der Waals surface area contributed by atoms with Gasteiger partial charge in [0.1, 0.15) is 5.75 Å². The van der Waals surface area contributed by atoms with Gasteiger partial charge in [0.15, 0.2) is 0 Å². The fraction of sp³-hybridized carbons (Fsp3) is 0.174. The van der Waals surface area contributed by atoms with E-state index in [4.69, 9.17) is 22.1 Å². The van der Waals surface area contributed by atoms with Crippen LogP contribution in [0.3, 0.4) is 0 Å². The third-order valence-electron chi connectivity index (χ3n) is 5.15. The monoisotopic (exact) mass is 421 g/mol. The Morgan fingerprint density at radius 3 is 2.80 bits per heavy atom. The molecule has 1 aliphatic rings. The number of primary amides is 1. The van der Waals surface area contributed by atoms with Crippen molar-refractivity contribution in [3.05, 3.63) is 82.5 Å². The van der Waals surface area contributed by atoms with E-state index in [1.165, 1.54) is 0 Å². The van der Waals surface area contributed by atoms with Gasteiger partial charge in [0, 0.05) is 52.5 Å². The van der Waals surface area contributed by atoms with E-state index < -0.39 is 5.91 Å². The Morgan fingerprint density at radius 1 is 1.20 bits per heavy atom. The number of hydrogen-bond donors (Lipinski definition) is 1. The third-order valence-corrected chi connectivity index (χ3v) is 5.39. The molecule has 1 aliphatic heterocycles. The molecule has 1 atom stereocenters. The molecule has 3 aromatic rings. The Bertz CT molecular complexity index is 1130. The van der Waals surface area contributed by atoms with Gasteiger partial charge < -0.3 is 15.4 Å². The molecule has 1 saturated heterocycles. The van der Waals surface area contributed by atoms with Crippen LogP contribution in [0.25, 0.3) is 0 Å². The van der Waals surface area contributed by atoms with Gasteiger partial charge in [0.2, 0.25) is 17.7 Å². The fourth-order valence-corrected chi connectivity index (χ4v) is 3.77. The third kappa shape index (κ3) is 4.00. The molecule has 0 unspecified atom stereocenters. The van der Waals surface area contributed by atoms with Crippen LogP contribution in [-0.2, 0) is 4.79 Å². The first-order valence-electron chi connectivity index (χ1n) is 9.51. The highest BCUT2D eigenvalue weighted by molar-refractivity contribution is 6.30. The van der Waals surface area contributed by atoms with Crippen LogP contribution >= 0.6 is 11.6 Å². The Labute approximate surface area is 179 Å². The van der Waals surface area contributed by atoms with Gasteiger partial charge in [0.05, 0.1) is 0 Å². The van der Waals surface area contributed by atoms with Crippen molar-refractivity contribution in [2.75, 3.05) is 11.4 Å². The number of carbonyl (C=O) groups is 2. The van der Waals surface area contributed by atoms with Crippen LogP contribution in [0.1, 0.15) is 33.8 Å². The fourth-order valence-electron chi connectivity index (χ4n) is 3.61. The van der Waals surface area contributed by atoms with Crippen LogP contribution in [0.5, 0.6) is 11.6 Å². The summed E-state index contributed by atoms with van der Waals surface area (Å²) >= 11 is 6.21. The zero-order chi connectivity index (χ0) is 21.3. The number of aromatic nitrogens is 1. The molecule has 0 bridgehead atoms. The van der Waals surface area contributed by atoms with E-state index in [9.17, 15) is 9.59 Å². The number of nitrogens with two attached hydrogens (primary N) is 1. The zero-order valence-electron chi connectivity index (χ0n) is 16.3. The van der Waals surface area contributed by atoms with E-state index in [1.807, 2.05) is 25.1 Å². The quantitative estimate of drug-likeness (QED) is 0.659. The Hall–Kier alpha value is -3.38. The summed E-state index contributed by atoms with van der Waals surface area (Å²) in [5.74, 6) is 0.424. The number of benzene rings is 2. The number of hydrogen-bond acceptors (Lipinski definition) is 4. The highest BCUT2D eigenvalue weighted by Crippen LogP contribution is 2.39. The summed E-state index contributed by atoms with van der Waals surface area (Å²) in [4.78, 5) is 30.2. The van der Waals surface area contributed by atoms with Gasteiger partial charge in [-0.1, -0.05) is 29.8 Å². The second-order valence-electron chi connectivity index (χ2n) is 7.23. The molecule has 2 N–H and O–H groups in total. The van der Waals surface area contributed by atoms with Crippen molar-refractivity contribution in [2.24, 2.45) is 5.73 Å². The number of anilines is 1. The minimum absolute atomic E-state index is 0.0310. The maximum atomic E-state index is 12.8. The maximum Gasteiger partial charge on any atom is 0.248 e. The van der Waals surface area contributed by atoms with E-state index in [0.29, 0.717) is 40.9 Å². The molecule has 1 aromatic heterocycles. The molecular formula is C23H20ClN3O3. The number of nitrogens with zero attached hydrogens (tertiary/aromatic N) is 2. The predicted molar refractivity (Wildman–Crippen MR) is 115 cm³/mol. The average Bonchev–Trinajstić information content (AvgIpc) is 3.11. The second kappa shape index (κ2) is 8.16. The van der Waals surface area contributed by atoms with E-state index in [-0.39, 0.29) is 11.8 Å². The molecule has 1 fully saturated rings. The van der Waals surface area contributed by atoms with Crippen LogP contribution in [0.2, 0.25) is 5.02 Å². The standard InChI is InChI=1S/C23H20ClN3O3/c1-14-4-3-9-26-23(14)30-20-12-17(24)7-8-19(20)16-11-21(28)27(13-16)18-6-2-5-15(10-18)22(25)29/h2-10,12,16H,11,13H2,1H3,(H2,25,29)/t16-/m0/s1. The van der Waals surface area contributed by atoms with Gasteiger partial charge in [-0.05, 0) is 43.3 Å². The van der Waals surface area contributed by atoms with Gasteiger partial charge in [-0.25, -0.2) is 4.98 Å². The van der Waals surface area contributed by atoms with Crippen LogP contribution in [-0.4, -0.2) is 23.3 Å². The number of aryl methyl sites for hydroxylation is 1. The molecule has 152 valence electrons. The minimum atomic E-state index is -0.529. The molecule has 2 heterocycles. The summed E-state index contributed by atoms with van der Waals surface area (Å²) < 4.78 is 6.07. The van der Waals surface area contributed by atoms with Crippen molar-refractivity contribution < 1.29 is 14.3 Å². The summed E-state index contributed by atoms with van der Waals surface area (Å²) in [5, 5.41) is 0.540. The zero-order valence-corrected chi connectivity index (χ0v) is 17.1. The largest absolute Gasteiger partial charge is 0.438 e. The van der Waals surface area contributed by atoms with Crippen molar-refractivity contribution in [1.82, 2.24) is 4.98 Å². The molecule has 0 saturated carbocycles. The van der Waals surface area contributed by atoms with Crippen LogP contribution in [0, 0.1) is 6.92 Å². The van der Waals surface area contributed by atoms with Crippen LogP contribution < -0.4 is 15.4 Å². The molecule has 0 aliphatic carbocycles. The molecule has 4 rings (SSSR count). The van der Waals surface area contributed by atoms with Gasteiger partial charge in [0.25, 0.3) is 0 Å². The summed E-state index contributed by atoms with van der Waals surface area (Å²) in [6.45, 7) is 2.37. The summed E-state index contributed by atoms with van der Waals surface area (Å²) in [6.07, 6.45) is 1.99. The van der Waals surface area contributed by atoms with Gasteiger partial charge in [-0.3, -0.25) is 9.59 Å². The second-order valence-corrected chi connectivity index (χ2v) is 7.67. The summed E-state index contributed by atoms with van der Waals surface area (Å²) in [7, 11) is 0. The lowest BCUT2D eigenvalue weighted by molar-refractivity contribution is -0.117. The Balaban J connectivity index is 1.64. The van der Waals surface area contributed by atoms with Crippen molar-refractivity contribution in [1.29, 1.82) is 0 Å². The molecular weight excluding hydrogens is 402 g/mol. The van der Waals surface area contributed by atoms with E-state index in [2.05, 4.69) is 4.98 Å². The summed E-state index contributed by atoms with van der Waals surface area (Å²) in [5.41, 5.74) is 8.17. The van der Waals surface area contributed by atoms with E-state index in [1.54, 1.807) is 47.5 Å². The van der Waals surface area contributed by atoms with E-state index in [0.717, 1.165) is 11.1 Å². The van der Waals surface area contributed by atoms with Crippen molar-refractivity contribution in [3.63, 3.8) is 0 Å². The summed E-state index contributed by atoms with van der Waals surface area (Å²) in [6, 6.07) is 16.0. The normalized spacial score (nSPS) is 16.0.